The van der Waals surface area contributed by atoms with Crippen molar-refractivity contribution in [3.05, 3.63) is 17.5 Å². The van der Waals surface area contributed by atoms with Crippen LogP contribution in [-0.4, -0.2) is 42.6 Å². The molecule has 92 valence electrons. The molecule has 1 saturated heterocycles. The average Bonchev–Trinajstić information content (AvgIpc) is 2.46. The van der Waals surface area contributed by atoms with E-state index in [2.05, 4.69) is 10.5 Å². The lowest BCUT2D eigenvalue weighted by Gasteiger charge is -2.24. The van der Waals surface area contributed by atoms with Gasteiger partial charge in [-0.15, -0.1) is 0 Å². The summed E-state index contributed by atoms with van der Waals surface area (Å²) in [6, 6.07) is 1.81. The number of nitrogens with zero attached hydrogens (tertiary/aromatic N) is 1. The number of hydrogen-bond acceptors (Lipinski definition) is 6. The van der Waals surface area contributed by atoms with Crippen molar-refractivity contribution in [1.29, 1.82) is 0 Å². The summed E-state index contributed by atoms with van der Waals surface area (Å²) in [6.45, 7) is 1.88. The van der Waals surface area contributed by atoms with Crippen molar-refractivity contribution in [3.8, 4) is 0 Å². The Kier molecular flexibility index (Phi) is 4.42. The molecule has 2 rings (SSSR count). The maximum absolute atomic E-state index is 9.19. The van der Waals surface area contributed by atoms with Gasteiger partial charge in [0.25, 0.3) is 10.1 Å². The zero-order valence-electron chi connectivity index (χ0n) is 8.75. The zero-order chi connectivity index (χ0) is 12.2. The first-order valence-corrected chi connectivity index (χ1v) is 6.44. The SMILES string of the molecule is CS(=O)(=O)O.OCc1cc(C2CNC2)no1. The molecule has 1 aliphatic heterocycles. The fraction of sp³-hybridized carbons (Fsp3) is 0.625. The van der Waals surface area contributed by atoms with Gasteiger partial charge in [-0.25, -0.2) is 0 Å². The van der Waals surface area contributed by atoms with Gasteiger partial charge in [0.2, 0.25) is 0 Å². The van der Waals surface area contributed by atoms with Crippen LogP contribution in [0.3, 0.4) is 0 Å². The smallest absolute Gasteiger partial charge is 0.261 e. The summed E-state index contributed by atoms with van der Waals surface area (Å²) in [5, 5.41) is 15.7. The Balaban J connectivity index is 0.000000221. The van der Waals surface area contributed by atoms with Gasteiger partial charge in [-0.1, -0.05) is 5.16 Å². The van der Waals surface area contributed by atoms with Crippen molar-refractivity contribution in [3.63, 3.8) is 0 Å². The quantitative estimate of drug-likeness (QED) is 0.598. The summed E-state index contributed by atoms with van der Waals surface area (Å²) < 4.78 is 30.7. The van der Waals surface area contributed by atoms with Crippen molar-refractivity contribution in [2.45, 2.75) is 12.5 Å². The maximum Gasteiger partial charge on any atom is 0.261 e. The van der Waals surface area contributed by atoms with Crippen LogP contribution >= 0.6 is 0 Å². The zero-order valence-corrected chi connectivity index (χ0v) is 9.57. The summed E-state index contributed by atoms with van der Waals surface area (Å²) in [5.41, 5.74) is 0.952. The molecule has 16 heavy (non-hydrogen) atoms. The van der Waals surface area contributed by atoms with E-state index in [-0.39, 0.29) is 6.61 Å². The Bertz CT molecular complexity index is 415. The second-order valence-electron chi connectivity index (χ2n) is 3.46. The number of hydrogen-bond donors (Lipinski definition) is 3. The van der Waals surface area contributed by atoms with Gasteiger partial charge in [0, 0.05) is 25.1 Å². The third-order valence-corrected chi connectivity index (χ3v) is 1.93. The third kappa shape index (κ3) is 4.71. The molecule has 0 atom stereocenters. The fourth-order valence-electron chi connectivity index (χ4n) is 1.09. The van der Waals surface area contributed by atoms with Crippen molar-refractivity contribution in [1.82, 2.24) is 10.5 Å². The van der Waals surface area contributed by atoms with Crippen LogP contribution in [0.2, 0.25) is 0 Å². The molecular weight excluding hydrogens is 236 g/mol. The number of aliphatic hydroxyl groups is 1. The molecule has 2 heterocycles. The van der Waals surface area contributed by atoms with E-state index in [1.807, 2.05) is 6.07 Å². The Labute approximate surface area is 93.2 Å². The molecule has 3 N–H and O–H groups in total. The summed E-state index contributed by atoms with van der Waals surface area (Å²) >= 11 is 0. The van der Waals surface area contributed by atoms with E-state index in [0.717, 1.165) is 18.8 Å². The van der Waals surface area contributed by atoms with Crippen LogP contribution in [0, 0.1) is 0 Å². The summed E-state index contributed by atoms with van der Waals surface area (Å²) in [7, 11) is -3.67. The monoisotopic (exact) mass is 250 g/mol. The highest BCUT2D eigenvalue weighted by Crippen LogP contribution is 2.18. The summed E-state index contributed by atoms with van der Waals surface area (Å²) in [4.78, 5) is 0. The molecule has 1 aliphatic rings. The number of nitrogens with one attached hydrogen (secondary N) is 1. The second-order valence-corrected chi connectivity index (χ2v) is 4.93. The summed E-state index contributed by atoms with van der Waals surface area (Å²) in [6.07, 6.45) is 0.715. The van der Waals surface area contributed by atoms with Crippen molar-refractivity contribution in [2.24, 2.45) is 0 Å². The first-order chi connectivity index (χ1) is 7.40. The molecule has 0 aliphatic carbocycles. The first-order valence-electron chi connectivity index (χ1n) is 4.59. The van der Waals surface area contributed by atoms with Crippen LogP contribution in [0.5, 0.6) is 0 Å². The standard InChI is InChI=1S/C7H10N2O2.CH4O3S/c10-4-6-1-7(9-11-6)5-2-8-3-5;1-5(2,3)4/h1,5,8,10H,2-4H2;1H3,(H,2,3,4). The summed E-state index contributed by atoms with van der Waals surface area (Å²) in [5.74, 6) is 1.03. The molecule has 7 nitrogen and oxygen atoms in total. The van der Waals surface area contributed by atoms with Gasteiger partial charge in [-0.3, -0.25) is 4.55 Å². The molecule has 1 fully saturated rings. The molecule has 0 amide bonds. The molecule has 0 saturated carbocycles. The van der Waals surface area contributed by atoms with E-state index in [9.17, 15) is 8.42 Å². The third-order valence-electron chi connectivity index (χ3n) is 1.93. The fourth-order valence-corrected chi connectivity index (χ4v) is 1.09. The molecule has 0 radical (unpaired) electrons. The molecular formula is C8H14N2O5S. The molecule has 0 bridgehead atoms. The minimum absolute atomic E-state index is 0.0624. The van der Waals surface area contributed by atoms with Crippen LogP contribution in [0.15, 0.2) is 10.6 Å². The molecule has 0 unspecified atom stereocenters. The molecule has 1 aromatic heterocycles. The van der Waals surface area contributed by atoms with Gasteiger partial charge >= 0.3 is 0 Å². The van der Waals surface area contributed by atoms with Gasteiger partial charge < -0.3 is 14.9 Å². The Morgan fingerprint density at radius 1 is 1.62 bits per heavy atom. The number of aliphatic hydroxyl groups excluding tert-OH is 1. The lowest BCUT2D eigenvalue weighted by Crippen LogP contribution is -2.40. The van der Waals surface area contributed by atoms with Crippen molar-refractivity contribution < 1.29 is 22.6 Å². The first kappa shape index (κ1) is 13.1. The highest BCUT2D eigenvalue weighted by Gasteiger charge is 2.22. The van der Waals surface area contributed by atoms with E-state index in [0.29, 0.717) is 17.9 Å². The average molecular weight is 250 g/mol. The van der Waals surface area contributed by atoms with Crippen LogP contribution in [0.4, 0.5) is 0 Å². The maximum atomic E-state index is 9.19. The van der Waals surface area contributed by atoms with E-state index >= 15 is 0 Å². The Morgan fingerprint density at radius 3 is 2.50 bits per heavy atom. The minimum atomic E-state index is -3.67. The van der Waals surface area contributed by atoms with Gasteiger partial charge in [-0.05, 0) is 0 Å². The lowest BCUT2D eigenvalue weighted by molar-refractivity contribution is 0.227. The molecule has 8 heteroatoms. The highest BCUT2D eigenvalue weighted by molar-refractivity contribution is 7.85. The highest BCUT2D eigenvalue weighted by atomic mass is 32.2. The Hall–Kier alpha value is -0.960. The predicted molar refractivity (Wildman–Crippen MR) is 55.5 cm³/mol. The second kappa shape index (κ2) is 5.39. The van der Waals surface area contributed by atoms with E-state index in [1.165, 1.54) is 0 Å². The molecule has 0 spiro atoms. The van der Waals surface area contributed by atoms with Crippen LogP contribution in [-0.2, 0) is 16.7 Å². The van der Waals surface area contributed by atoms with Crippen LogP contribution in [0.25, 0.3) is 0 Å². The topological polar surface area (TPSA) is 113 Å². The largest absolute Gasteiger partial charge is 0.388 e. The number of rotatable bonds is 2. The van der Waals surface area contributed by atoms with Crippen LogP contribution < -0.4 is 5.32 Å². The lowest BCUT2D eigenvalue weighted by atomic mass is 9.99. The van der Waals surface area contributed by atoms with Crippen LogP contribution in [0.1, 0.15) is 17.4 Å². The van der Waals surface area contributed by atoms with Crippen molar-refractivity contribution >= 4 is 10.1 Å². The minimum Gasteiger partial charge on any atom is -0.388 e. The molecule has 1 aromatic rings. The van der Waals surface area contributed by atoms with Gasteiger partial charge in [0.05, 0.1) is 11.9 Å². The Morgan fingerprint density at radius 2 is 2.19 bits per heavy atom. The normalized spacial score (nSPS) is 16.2. The van der Waals surface area contributed by atoms with E-state index < -0.39 is 10.1 Å². The van der Waals surface area contributed by atoms with E-state index in [1.54, 1.807) is 0 Å². The predicted octanol–water partition coefficient (Wildman–Crippen LogP) is -0.642. The van der Waals surface area contributed by atoms with Gasteiger partial charge in [0.1, 0.15) is 6.61 Å². The van der Waals surface area contributed by atoms with Gasteiger partial charge in [0.15, 0.2) is 5.76 Å². The van der Waals surface area contributed by atoms with E-state index in [4.69, 9.17) is 14.2 Å². The van der Waals surface area contributed by atoms with Crippen molar-refractivity contribution in [2.75, 3.05) is 19.3 Å². The molecule has 0 aromatic carbocycles. The van der Waals surface area contributed by atoms with Gasteiger partial charge in [-0.2, -0.15) is 8.42 Å². The number of aromatic nitrogens is 1.